The highest BCUT2D eigenvalue weighted by Crippen LogP contribution is 2.30. The number of anilines is 1. The van der Waals surface area contributed by atoms with Gasteiger partial charge in [-0.1, -0.05) is 19.9 Å². The summed E-state index contributed by atoms with van der Waals surface area (Å²) in [5.74, 6) is 0. The van der Waals surface area contributed by atoms with Crippen molar-refractivity contribution in [2.75, 3.05) is 18.1 Å². The molecule has 1 aliphatic rings. The second kappa shape index (κ2) is 7.09. The summed E-state index contributed by atoms with van der Waals surface area (Å²) in [5.41, 5.74) is 3.95. The molecule has 1 aromatic carbocycles. The number of hydrogen-bond acceptors (Lipinski definition) is 3. The summed E-state index contributed by atoms with van der Waals surface area (Å²) in [7, 11) is 0. The molecule has 1 saturated carbocycles. The number of aryl methyl sites for hydroxylation is 1. The third-order valence-electron chi connectivity index (χ3n) is 4.21. The Hall–Kier alpha value is -1.06. The monoisotopic (exact) mass is 276 g/mol. The smallest absolute Gasteiger partial charge is 0.0606 e. The van der Waals surface area contributed by atoms with Crippen LogP contribution in [-0.2, 0) is 6.54 Å². The fourth-order valence-corrected chi connectivity index (χ4v) is 2.70. The van der Waals surface area contributed by atoms with Crippen LogP contribution in [-0.4, -0.2) is 30.3 Å². The minimum Gasteiger partial charge on any atom is -0.395 e. The lowest BCUT2D eigenvalue weighted by Gasteiger charge is -2.39. The second-order valence-corrected chi connectivity index (χ2v) is 6.15. The van der Waals surface area contributed by atoms with E-state index in [4.69, 9.17) is 0 Å². The zero-order valence-corrected chi connectivity index (χ0v) is 13.0. The summed E-state index contributed by atoms with van der Waals surface area (Å²) in [5, 5.41) is 12.8. The first-order chi connectivity index (χ1) is 9.61. The van der Waals surface area contributed by atoms with Crippen LogP contribution in [0.4, 0.5) is 5.69 Å². The molecule has 3 heteroatoms. The van der Waals surface area contributed by atoms with E-state index >= 15 is 0 Å². The molecular weight excluding hydrogens is 248 g/mol. The topological polar surface area (TPSA) is 35.5 Å². The molecule has 2 rings (SSSR count). The molecule has 0 aliphatic heterocycles. The Labute approximate surface area is 123 Å². The maximum Gasteiger partial charge on any atom is 0.0606 e. The lowest BCUT2D eigenvalue weighted by molar-refractivity contribution is 0.283. The second-order valence-electron chi connectivity index (χ2n) is 6.15. The summed E-state index contributed by atoms with van der Waals surface area (Å²) in [4.78, 5) is 2.37. The molecule has 0 saturated heterocycles. The molecule has 0 unspecified atom stereocenters. The molecule has 112 valence electrons. The molecule has 20 heavy (non-hydrogen) atoms. The van der Waals surface area contributed by atoms with Gasteiger partial charge >= 0.3 is 0 Å². The van der Waals surface area contributed by atoms with Crippen molar-refractivity contribution in [3.05, 3.63) is 29.3 Å². The van der Waals surface area contributed by atoms with Crippen molar-refractivity contribution in [1.29, 1.82) is 0 Å². The van der Waals surface area contributed by atoms with Crippen LogP contribution in [0.3, 0.4) is 0 Å². The Morgan fingerprint density at radius 1 is 1.35 bits per heavy atom. The van der Waals surface area contributed by atoms with Crippen LogP contribution in [0.1, 0.15) is 44.2 Å². The SMILES string of the molecule is Cc1cc(N(CCO)C2CCC2)ccc1CNC(C)C. The van der Waals surface area contributed by atoms with Crippen molar-refractivity contribution in [2.24, 2.45) is 0 Å². The molecule has 0 atom stereocenters. The molecule has 0 radical (unpaired) electrons. The van der Waals surface area contributed by atoms with Gasteiger partial charge in [-0.3, -0.25) is 0 Å². The van der Waals surface area contributed by atoms with E-state index in [9.17, 15) is 5.11 Å². The highest BCUT2D eigenvalue weighted by molar-refractivity contribution is 5.52. The molecule has 1 aromatic rings. The van der Waals surface area contributed by atoms with Gasteiger partial charge in [0.1, 0.15) is 0 Å². The zero-order valence-electron chi connectivity index (χ0n) is 13.0. The van der Waals surface area contributed by atoms with Crippen LogP contribution in [0.2, 0.25) is 0 Å². The number of hydrogen-bond donors (Lipinski definition) is 2. The van der Waals surface area contributed by atoms with E-state index in [-0.39, 0.29) is 6.61 Å². The largest absolute Gasteiger partial charge is 0.395 e. The third-order valence-corrected chi connectivity index (χ3v) is 4.21. The Morgan fingerprint density at radius 2 is 2.10 bits per heavy atom. The van der Waals surface area contributed by atoms with Crippen molar-refractivity contribution in [3.63, 3.8) is 0 Å². The molecule has 2 N–H and O–H groups in total. The van der Waals surface area contributed by atoms with E-state index in [0.29, 0.717) is 12.1 Å². The highest BCUT2D eigenvalue weighted by atomic mass is 16.3. The van der Waals surface area contributed by atoms with Gasteiger partial charge in [0.15, 0.2) is 0 Å². The Morgan fingerprint density at radius 3 is 2.60 bits per heavy atom. The quantitative estimate of drug-likeness (QED) is 0.804. The van der Waals surface area contributed by atoms with Crippen LogP contribution in [0.5, 0.6) is 0 Å². The molecule has 0 bridgehead atoms. The van der Waals surface area contributed by atoms with Crippen molar-refractivity contribution < 1.29 is 5.11 Å². The number of aliphatic hydroxyl groups excluding tert-OH is 1. The van der Waals surface area contributed by atoms with Gasteiger partial charge in [-0.05, 0) is 49.4 Å². The molecule has 0 heterocycles. The average Bonchev–Trinajstić information content (AvgIpc) is 2.34. The van der Waals surface area contributed by atoms with E-state index in [1.165, 1.54) is 36.1 Å². The predicted molar refractivity (Wildman–Crippen MR) is 85.2 cm³/mol. The number of nitrogens with one attached hydrogen (secondary N) is 1. The van der Waals surface area contributed by atoms with Gasteiger partial charge in [-0.2, -0.15) is 0 Å². The van der Waals surface area contributed by atoms with Gasteiger partial charge in [-0.15, -0.1) is 0 Å². The average molecular weight is 276 g/mol. The maximum absolute atomic E-state index is 9.28. The van der Waals surface area contributed by atoms with Crippen molar-refractivity contribution >= 4 is 5.69 Å². The lowest BCUT2D eigenvalue weighted by Crippen LogP contribution is -2.42. The molecule has 0 amide bonds. The van der Waals surface area contributed by atoms with Gasteiger partial charge in [0.05, 0.1) is 6.61 Å². The van der Waals surface area contributed by atoms with Crippen LogP contribution in [0.25, 0.3) is 0 Å². The number of rotatable bonds is 7. The molecule has 3 nitrogen and oxygen atoms in total. The maximum atomic E-state index is 9.28. The van der Waals surface area contributed by atoms with Gasteiger partial charge in [0.25, 0.3) is 0 Å². The fraction of sp³-hybridized carbons (Fsp3) is 0.647. The zero-order chi connectivity index (χ0) is 14.5. The molecule has 0 aromatic heterocycles. The normalized spacial score (nSPS) is 15.4. The summed E-state index contributed by atoms with van der Waals surface area (Å²) in [6, 6.07) is 7.84. The van der Waals surface area contributed by atoms with Crippen molar-refractivity contribution in [1.82, 2.24) is 5.32 Å². The van der Waals surface area contributed by atoms with Gasteiger partial charge in [0.2, 0.25) is 0 Å². The van der Waals surface area contributed by atoms with Gasteiger partial charge in [-0.25, -0.2) is 0 Å². The van der Waals surface area contributed by atoms with Crippen LogP contribution < -0.4 is 10.2 Å². The fourth-order valence-electron chi connectivity index (χ4n) is 2.70. The first-order valence-electron chi connectivity index (χ1n) is 7.82. The summed E-state index contributed by atoms with van der Waals surface area (Å²) < 4.78 is 0. The van der Waals surface area contributed by atoms with Gasteiger partial charge < -0.3 is 15.3 Å². The third kappa shape index (κ3) is 3.74. The summed E-state index contributed by atoms with van der Waals surface area (Å²) >= 11 is 0. The van der Waals surface area contributed by atoms with Crippen molar-refractivity contribution in [2.45, 2.75) is 58.7 Å². The summed E-state index contributed by atoms with van der Waals surface area (Å²) in [6.07, 6.45) is 3.84. The van der Waals surface area contributed by atoms with Crippen molar-refractivity contribution in [3.8, 4) is 0 Å². The number of benzene rings is 1. The minimum absolute atomic E-state index is 0.228. The summed E-state index contributed by atoms with van der Waals surface area (Å²) in [6.45, 7) is 8.42. The lowest BCUT2D eigenvalue weighted by atomic mass is 9.90. The standard InChI is InChI=1S/C17H28N2O/c1-13(2)18-12-15-7-8-17(11-14(15)3)19(9-10-20)16-5-4-6-16/h7-8,11,13,16,18,20H,4-6,9-10,12H2,1-3H3. The van der Waals surface area contributed by atoms with Crippen LogP contribution in [0.15, 0.2) is 18.2 Å². The molecular formula is C17H28N2O. The molecule has 0 spiro atoms. The minimum atomic E-state index is 0.228. The molecule has 1 aliphatic carbocycles. The van der Waals surface area contributed by atoms with Gasteiger partial charge in [0, 0.05) is 30.9 Å². The number of nitrogens with zero attached hydrogens (tertiary/aromatic N) is 1. The highest BCUT2D eigenvalue weighted by Gasteiger charge is 2.24. The first kappa shape index (κ1) is 15.3. The Bertz CT molecular complexity index is 427. The number of aliphatic hydroxyl groups is 1. The van der Waals surface area contributed by atoms with E-state index < -0.39 is 0 Å². The predicted octanol–water partition coefficient (Wildman–Crippen LogP) is 2.84. The van der Waals surface area contributed by atoms with E-state index in [0.717, 1.165) is 13.1 Å². The Kier molecular flexibility index (Phi) is 5.44. The first-order valence-corrected chi connectivity index (χ1v) is 7.82. The van der Waals surface area contributed by atoms with Crippen LogP contribution in [0, 0.1) is 6.92 Å². The van der Waals surface area contributed by atoms with E-state index in [1.807, 2.05) is 0 Å². The molecule has 1 fully saturated rings. The van der Waals surface area contributed by atoms with Crippen LogP contribution >= 0.6 is 0 Å². The van der Waals surface area contributed by atoms with E-state index in [2.05, 4.69) is 49.2 Å². The van der Waals surface area contributed by atoms with E-state index in [1.54, 1.807) is 0 Å². The Balaban J connectivity index is 2.09.